The van der Waals surface area contributed by atoms with Crippen LogP contribution in [0.2, 0.25) is 0 Å². The van der Waals surface area contributed by atoms with Crippen LogP contribution in [-0.2, 0) is 0 Å². The Morgan fingerprint density at radius 3 is 2.53 bits per heavy atom. The van der Waals surface area contributed by atoms with E-state index in [9.17, 15) is 18.0 Å². The standard InChI is InChI=1S/C14H16F3NO/c15-14(16,17)7-6-11-8-12(11)9-18-13(19)10-4-2-1-3-5-10/h1-5,11-12H,6-9H2,(H,18,19). The van der Waals surface area contributed by atoms with Crippen LogP contribution in [0.5, 0.6) is 0 Å². The molecule has 1 N–H and O–H groups in total. The highest BCUT2D eigenvalue weighted by molar-refractivity contribution is 5.94. The molecule has 1 fully saturated rings. The maximum absolute atomic E-state index is 12.0. The normalized spacial score (nSPS) is 22.1. The summed E-state index contributed by atoms with van der Waals surface area (Å²) >= 11 is 0. The summed E-state index contributed by atoms with van der Waals surface area (Å²) in [6.45, 7) is 0.469. The van der Waals surface area contributed by atoms with Gasteiger partial charge in [-0.3, -0.25) is 4.79 Å². The Bertz CT molecular complexity index is 430. The number of rotatable bonds is 5. The maximum atomic E-state index is 12.0. The van der Waals surface area contributed by atoms with Crippen LogP contribution >= 0.6 is 0 Å². The van der Waals surface area contributed by atoms with Gasteiger partial charge in [0.15, 0.2) is 0 Å². The van der Waals surface area contributed by atoms with E-state index in [1.165, 1.54) is 0 Å². The molecule has 5 heteroatoms. The molecule has 19 heavy (non-hydrogen) atoms. The largest absolute Gasteiger partial charge is 0.389 e. The van der Waals surface area contributed by atoms with Gasteiger partial charge in [-0.05, 0) is 36.8 Å². The molecule has 1 aromatic rings. The summed E-state index contributed by atoms with van der Waals surface area (Å²) in [5, 5.41) is 2.77. The van der Waals surface area contributed by atoms with E-state index in [4.69, 9.17) is 0 Å². The fourth-order valence-corrected chi connectivity index (χ4v) is 2.18. The van der Waals surface area contributed by atoms with Crippen molar-refractivity contribution >= 4 is 5.91 Å². The molecule has 0 radical (unpaired) electrons. The molecule has 2 unspecified atom stereocenters. The van der Waals surface area contributed by atoms with E-state index < -0.39 is 12.6 Å². The number of nitrogens with one attached hydrogen (secondary N) is 1. The lowest BCUT2D eigenvalue weighted by atomic mass is 10.1. The van der Waals surface area contributed by atoms with Crippen molar-refractivity contribution < 1.29 is 18.0 Å². The highest BCUT2D eigenvalue weighted by atomic mass is 19.4. The first-order valence-electron chi connectivity index (χ1n) is 6.36. The first-order valence-corrected chi connectivity index (χ1v) is 6.36. The topological polar surface area (TPSA) is 29.1 Å². The molecule has 0 bridgehead atoms. The van der Waals surface area contributed by atoms with Crippen LogP contribution in [0.25, 0.3) is 0 Å². The number of amides is 1. The van der Waals surface area contributed by atoms with Crippen LogP contribution in [0.15, 0.2) is 30.3 Å². The molecule has 1 aliphatic rings. The summed E-state index contributed by atoms with van der Waals surface area (Å²) in [5.41, 5.74) is 0.579. The Labute approximate surface area is 110 Å². The molecule has 1 saturated carbocycles. The lowest BCUT2D eigenvalue weighted by Crippen LogP contribution is -2.25. The highest BCUT2D eigenvalue weighted by Crippen LogP contribution is 2.43. The minimum absolute atomic E-state index is 0.109. The van der Waals surface area contributed by atoms with Gasteiger partial charge in [-0.25, -0.2) is 0 Å². The summed E-state index contributed by atoms with van der Waals surface area (Å²) in [5.74, 6) is 0.148. The third-order valence-electron chi connectivity index (χ3n) is 3.43. The minimum Gasteiger partial charge on any atom is -0.352 e. The molecule has 1 aliphatic carbocycles. The maximum Gasteiger partial charge on any atom is 0.389 e. The molecule has 1 aromatic carbocycles. The van der Waals surface area contributed by atoms with E-state index in [0.717, 1.165) is 6.42 Å². The molecule has 0 spiro atoms. The van der Waals surface area contributed by atoms with Crippen molar-refractivity contribution in [1.82, 2.24) is 5.32 Å². The molecule has 2 atom stereocenters. The van der Waals surface area contributed by atoms with Crippen molar-refractivity contribution in [2.45, 2.75) is 25.4 Å². The van der Waals surface area contributed by atoms with Gasteiger partial charge in [0.05, 0.1) is 0 Å². The third kappa shape index (κ3) is 4.58. The molecule has 2 rings (SSSR count). The fourth-order valence-electron chi connectivity index (χ4n) is 2.18. The van der Waals surface area contributed by atoms with E-state index in [1.54, 1.807) is 24.3 Å². The Hall–Kier alpha value is -1.52. The molecular weight excluding hydrogens is 255 g/mol. The minimum atomic E-state index is -4.07. The van der Waals surface area contributed by atoms with Gasteiger partial charge in [0.1, 0.15) is 0 Å². The van der Waals surface area contributed by atoms with Gasteiger partial charge in [-0.15, -0.1) is 0 Å². The monoisotopic (exact) mass is 271 g/mol. The summed E-state index contributed by atoms with van der Waals surface area (Å²) in [4.78, 5) is 11.7. The zero-order valence-electron chi connectivity index (χ0n) is 10.4. The first-order chi connectivity index (χ1) is 8.96. The molecular formula is C14H16F3NO. The SMILES string of the molecule is O=C(NCC1CC1CCC(F)(F)F)c1ccccc1. The average molecular weight is 271 g/mol. The second-order valence-electron chi connectivity index (χ2n) is 4.99. The van der Waals surface area contributed by atoms with E-state index in [2.05, 4.69) is 5.32 Å². The molecule has 0 heterocycles. The molecule has 104 valence electrons. The number of hydrogen-bond donors (Lipinski definition) is 1. The average Bonchev–Trinajstić information content (AvgIpc) is 3.12. The van der Waals surface area contributed by atoms with Crippen molar-refractivity contribution in [3.63, 3.8) is 0 Å². The molecule has 0 aliphatic heterocycles. The smallest absolute Gasteiger partial charge is 0.352 e. The van der Waals surface area contributed by atoms with E-state index in [-0.39, 0.29) is 24.2 Å². The van der Waals surface area contributed by atoms with Crippen molar-refractivity contribution in [2.24, 2.45) is 11.8 Å². The van der Waals surface area contributed by atoms with Gasteiger partial charge >= 0.3 is 6.18 Å². The number of carbonyl (C=O) groups excluding carboxylic acids is 1. The number of hydrogen-bond acceptors (Lipinski definition) is 1. The lowest BCUT2D eigenvalue weighted by Gasteiger charge is -2.06. The third-order valence-corrected chi connectivity index (χ3v) is 3.43. The van der Waals surface area contributed by atoms with Gasteiger partial charge in [0.2, 0.25) is 0 Å². The van der Waals surface area contributed by atoms with Crippen LogP contribution in [0, 0.1) is 11.8 Å². The molecule has 0 saturated heterocycles. The van der Waals surface area contributed by atoms with Crippen LogP contribution in [0.1, 0.15) is 29.6 Å². The lowest BCUT2D eigenvalue weighted by molar-refractivity contribution is -0.136. The van der Waals surface area contributed by atoms with Crippen molar-refractivity contribution in [1.29, 1.82) is 0 Å². The second-order valence-corrected chi connectivity index (χ2v) is 4.99. The van der Waals surface area contributed by atoms with Gasteiger partial charge in [0.25, 0.3) is 5.91 Å². The molecule has 1 amide bonds. The number of halogens is 3. The van der Waals surface area contributed by atoms with Crippen LogP contribution in [-0.4, -0.2) is 18.6 Å². The number of benzene rings is 1. The Morgan fingerprint density at radius 2 is 1.89 bits per heavy atom. The van der Waals surface area contributed by atoms with E-state index >= 15 is 0 Å². The predicted molar refractivity (Wildman–Crippen MR) is 65.7 cm³/mol. The quantitative estimate of drug-likeness (QED) is 0.873. The highest BCUT2D eigenvalue weighted by Gasteiger charge is 2.39. The summed E-state index contributed by atoms with van der Waals surface area (Å²) in [6, 6.07) is 8.80. The Balaban J connectivity index is 1.67. The summed E-state index contributed by atoms with van der Waals surface area (Å²) in [7, 11) is 0. The zero-order chi connectivity index (χ0) is 13.9. The van der Waals surface area contributed by atoms with Crippen molar-refractivity contribution in [3.8, 4) is 0 Å². The second kappa shape index (κ2) is 5.63. The number of alkyl halides is 3. The van der Waals surface area contributed by atoms with Crippen LogP contribution < -0.4 is 5.32 Å². The Kier molecular flexibility index (Phi) is 4.12. The summed E-state index contributed by atoms with van der Waals surface area (Å²) in [6.07, 6.45) is -3.83. The van der Waals surface area contributed by atoms with Gasteiger partial charge in [-0.2, -0.15) is 13.2 Å². The number of carbonyl (C=O) groups is 1. The predicted octanol–water partition coefficient (Wildman–Crippen LogP) is 3.40. The molecule has 2 nitrogen and oxygen atoms in total. The van der Waals surface area contributed by atoms with Gasteiger partial charge in [0, 0.05) is 18.5 Å². The van der Waals surface area contributed by atoms with Gasteiger partial charge < -0.3 is 5.32 Å². The van der Waals surface area contributed by atoms with Crippen LogP contribution in [0.4, 0.5) is 13.2 Å². The van der Waals surface area contributed by atoms with E-state index in [1.807, 2.05) is 6.07 Å². The first kappa shape index (κ1) is 13.9. The molecule has 0 aromatic heterocycles. The zero-order valence-corrected chi connectivity index (χ0v) is 10.4. The van der Waals surface area contributed by atoms with Crippen LogP contribution in [0.3, 0.4) is 0 Å². The summed E-state index contributed by atoms with van der Waals surface area (Å²) < 4.78 is 36.1. The Morgan fingerprint density at radius 1 is 1.21 bits per heavy atom. The fraction of sp³-hybridized carbons (Fsp3) is 0.500. The van der Waals surface area contributed by atoms with Crippen molar-refractivity contribution in [2.75, 3.05) is 6.54 Å². The van der Waals surface area contributed by atoms with E-state index in [0.29, 0.717) is 12.1 Å². The van der Waals surface area contributed by atoms with Gasteiger partial charge in [-0.1, -0.05) is 18.2 Å². The van der Waals surface area contributed by atoms with Crippen molar-refractivity contribution in [3.05, 3.63) is 35.9 Å².